The van der Waals surface area contributed by atoms with Gasteiger partial charge in [-0.1, -0.05) is 6.07 Å². The molecular weight excluding hydrogens is 436 g/mol. The van der Waals surface area contributed by atoms with Crippen LogP contribution in [0, 0.1) is 5.92 Å². The van der Waals surface area contributed by atoms with E-state index < -0.39 is 10.0 Å². The fourth-order valence-electron chi connectivity index (χ4n) is 2.50. The first-order chi connectivity index (χ1) is 12.8. The summed E-state index contributed by atoms with van der Waals surface area (Å²) in [4.78, 5) is 11.9. The summed E-state index contributed by atoms with van der Waals surface area (Å²) in [5.41, 5.74) is 0.878. The second-order valence-electron chi connectivity index (χ2n) is 6.09. The van der Waals surface area contributed by atoms with E-state index in [9.17, 15) is 13.2 Å². The summed E-state index contributed by atoms with van der Waals surface area (Å²) in [7, 11) is -0.993. The quantitative estimate of drug-likeness (QED) is 0.666. The van der Waals surface area contributed by atoms with E-state index in [1.165, 1.54) is 26.4 Å². The van der Waals surface area contributed by atoms with Crippen molar-refractivity contribution in [2.24, 2.45) is 5.92 Å². The molecule has 0 unspecified atom stereocenters. The van der Waals surface area contributed by atoms with E-state index in [-0.39, 0.29) is 16.7 Å². The summed E-state index contributed by atoms with van der Waals surface area (Å²) < 4.78 is 38.8. The van der Waals surface area contributed by atoms with Crippen LogP contribution >= 0.6 is 15.9 Å². The molecule has 2 aromatic carbocycles. The molecule has 0 spiro atoms. The zero-order valence-electron chi connectivity index (χ0n) is 14.8. The van der Waals surface area contributed by atoms with Crippen LogP contribution in [0.25, 0.3) is 0 Å². The van der Waals surface area contributed by atoms with Crippen LogP contribution in [0.4, 0.5) is 11.4 Å². The summed E-state index contributed by atoms with van der Waals surface area (Å²) in [5, 5.41) is 2.79. The Hall–Kier alpha value is -2.26. The third kappa shape index (κ3) is 4.54. The van der Waals surface area contributed by atoms with E-state index in [0.717, 1.165) is 12.8 Å². The van der Waals surface area contributed by atoms with Gasteiger partial charge in [-0.05, 0) is 53.0 Å². The van der Waals surface area contributed by atoms with E-state index in [4.69, 9.17) is 9.47 Å². The van der Waals surface area contributed by atoms with Crippen LogP contribution in [-0.2, 0) is 14.8 Å². The highest BCUT2D eigenvalue weighted by atomic mass is 79.9. The molecule has 9 heteroatoms. The van der Waals surface area contributed by atoms with Gasteiger partial charge in [0, 0.05) is 22.1 Å². The van der Waals surface area contributed by atoms with Gasteiger partial charge in [-0.15, -0.1) is 0 Å². The number of halogens is 1. The lowest BCUT2D eigenvalue weighted by molar-refractivity contribution is -0.117. The summed E-state index contributed by atoms with van der Waals surface area (Å²) >= 11 is 3.26. The number of carbonyl (C=O) groups is 1. The van der Waals surface area contributed by atoms with Crippen molar-refractivity contribution in [1.29, 1.82) is 0 Å². The van der Waals surface area contributed by atoms with Crippen molar-refractivity contribution in [2.45, 2.75) is 17.7 Å². The highest BCUT2D eigenvalue weighted by molar-refractivity contribution is 9.10. The largest absolute Gasteiger partial charge is 0.493 e. The molecular formula is C18H19BrN2O5S. The molecule has 3 rings (SSSR count). The van der Waals surface area contributed by atoms with Gasteiger partial charge in [-0.25, -0.2) is 8.42 Å². The third-order valence-corrected chi connectivity index (χ3v) is 6.40. The van der Waals surface area contributed by atoms with Crippen molar-refractivity contribution in [3.8, 4) is 11.5 Å². The summed E-state index contributed by atoms with van der Waals surface area (Å²) in [6.07, 6.45) is 1.79. The molecule has 0 bridgehead atoms. The van der Waals surface area contributed by atoms with E-state index in [1.807, 2.05) is 0 Å². The fraction of sp³-hybridized carbons (Fsp3) is 0.278. The van der Waals surface area contributed by atoms with Gasteiger partial charge in [0.05, 0.1) is 19.9 Å². The first-order valence-corrected chi connectivity index (χ1v) is 10.5. The van der Waals surface area contributed by atoms with Crippen LogP contribution in [0.2, 0.25) is 0 Å². The second-order valence-corrected chi connectivity index (χ2v) is 8.59. The average Bonchev–Trinajstić information content (AvgIpc) is 3.46. The number of ether oxygens (including phenoxy) is 2. The number of sulfonamides is 1. The van der Waals surface area contributed by atoms with Crippen LogP contribution in [0.5, 0.6) is 11.5 Å². The molecule has 0 aromatic heterocycles. The Morgan fingerprint density at radius 2 is 1.70 bits per heavy atom. The van der Waals surface area contributed by atoms with Crippen LogP contribution in [-0.4, -0.2) is 28.5 Å². The van der Waals surface area contributed by atoms with Crippen molar-refractivity contribution in [3.63, 3.8) is 0 Å². The van der Waals surface area contributed by atoms with Gasteiger partial charge in [0.1, 0.15) is 4.90 Å². The molecule has 0 atom stereocenters. The smallest absolute Gasteiger partial charge is 0.263 e. The number of carbonyl (C=O) groups excluding carboxylic acids is 1. The molecule has 1 aliphatic rings. The lowest BCUT2D eigenvalue weighted by atomic mass is 10.2. The molecule has 144 valence electrons. The number of methoxy groups -OCH3 is 2. The highest BCUT2D eigenvalue weighted by Gasteiger charge is 2.29. The van der Waals surface area contributed by atoms with Crippen molar-refractivity contribution in [3.05, 3.63) is 40.9 Å². The van der Waals surface area contributed by atoms with E-state index in [2.05, 4.69) is 26.0 Å². The van der Waals surface area contributed by atoms with Gasteiger partial charge in [0.15, 0.2) is 11.5 Å². The predicted octanol–water partition coefficient (Wildman–Crippen LogP) is 3.62. The van der Waals surface area contributed by atoms with Gasteiger partial charge in [-0.3, -0.25) is 9.52 Å². The predicted molar refractivity (Wildman–Crippen MR) is 106 cm³/mol. The molecule has 0 radical (unpaired) electrons. The molecule has 1 saturated carbocycles. The number of anilines is 2. The average molecular weight is 455 g/mol. The SMILES string of the molecule is COc1cc(Br)c(S(=O)(=O)Nc2cccc(NC(=O)C3CC3)c2)cc1OC. The Kier molecular flexibility index (Phi) is 5.61. The Labute approximate surface area is 166 Å². The van der Waals surface area contributed by atoms with Gasteiger partial charge < -0.3 is 14.8 Å². The van der Waals surface area contributed by atoms with E-state index in [1.54, 1.807) is 24.3 Å². The molecule has 2 N–H and O–H groups in total. The zero-order valence-corrected chi connectivity index (χ0v) is 17.2. The maximum absolute atomic E-state index is 12.8. The normalized spacial score (nSPS) is 13.7. The van der Waals surface area contributed by atoms with Crippen LogP contribution in [0.1, 0.15) is 12.8 Å². The molecule has 1 fully saturated rings. The molecule has 0 saturated heterocycles. The Morgan fingerprint density at radius 3 is 2.33 bits per heavy atom. The maximum atomic E-state index is 12.8. The lowest BCUT2D eigenvalue weighted by Crippen LogP contribution is -2.15. The van der Waals surface area contributed by atoms with Gasteiger partial charge in [0.2, 0.25) is 5.91 Å². The Bertz CT molecular complexity index is 974. The number of hydrogen-bond acceptors (Lipinski definition) is 5. The minimum atomic E-state index is -3.90. The summed E-state index contributed by atoms with van der Waals surface area (Å²) in [6.45, 7) is 0. The fourth-order valence-corrected chi connectivity index (χ4v) is 4.59. The van der Waals surface area contributed by atoms with Crippen molar-refractivity contribution in [1.82, 2.24) is 0 Å². The van der Waals surface area contributed by atoms with Gasteiger partial charge in [-0.2, -0.15) is 0 Å². The number of hydrogen-bond donors (Lipinski definition) is 2. The lowest BCUT2D eigenvalue weighted by Gasteiger charge is -2.14. The highest BCUT2D eigenvalue weighted by Crippen LogP contribution is 2.36. The Balaban J connectivity index is 1.85. The molecule has 27 heavy (non-hydrogen) atoms. The third-order valence-electron chi connectivity index (χ3n) is 4.06. The van der Waals surface area contributed by atoms with Crippen LogP contribution in [0.3, 0.4) is 0 Å². The topological polar surface area (TPSA) is 93.7 Å². The molecule has 0 aliphatic heterocycles. The maximum Gasteiger partial charge on any atom is 0.263 e. The Morgan fingerprint density at radius 1 is 1.07 bits per heavy atom. The van der Waals surface area contributed by atoms with Gasteiger partial charge in [0.25, 0.3) is 10.0 Å². The van der Waals surface area contributed by atoms with Crippen molar-refractivity contribution < 1.29 is 22.7 Å². The minimum absolute atomic E-state index is 0.00701. The van der Waals surface area contributed by atoms with E-state index >= 15 is 0 Å². The number of amides is 1. The van der Waals surface area contributed by atoms with E-state index in [0.29, 0.717) is 27.3 Å². The minimum Gasteiger partial charge on any atom is -0.493 e. The number of benzene rings is 2. The summed E-state index contributed by atoms with van der Waals surface area (Å²) in [6, 6.07) is 9.48. The van der Waals surface area contributed by atoms with Crippen LogP contribution in [0.15, 0.2) is 45.8 Å². The number of rotatable bonds is 7. The number of nitrogens with one attached hydrogen (secondary N) is 2. The van der Waals surface area contributed by atoms with Crippen molar-refractivity contribution >= 4 is 43.2 Å². The first-order valence-electron chi connectivity index (χ1n) is 8.19. The molecule has 1 aliphatic carbocycles. The second kappa shape index (κ2) is 7.77. The molecule has 0 heterocycles. The van der Waals surface area contributed by atoms with Crippen molar-refractivity contribution in [2.75, 3.05) is 24.3 Å². The van der Waals surface area contributed by atoms with Crippen LogP contribution < -0.4 is 19.5 Å². The first kappa shape index (κ1) is 19.5. The summed E-state index contributed by atoms with van der Waals surface area (Å²) in [5.74, 6) is 0.727. The zero-order chi connectivity index (χ0) is 19.6. The molecule has 2 aromatic rings. The monoisotopic (exact) mass is 454 g/mol. The molecule has 1 amide bonds. The standard InChI is InChI=1S/C18H19BrN2O5S/c1-25-15-9-14(19)17(10-16(15)26-2)27(23,24)21-13-5-3-4-12(8-13)20-18(22)11-6-7-11/h3-5,8-11,21H,6-7H2,1-2H3,(H,20,22). The van der Waals surface area contributed by atoms with Gasteiger partial charge >= 0.3 is 0 Å². The molecule has 7 nitrogen and oxygen atoms in total.